The van der Waals surface area contributed by atoms with Gasteiger partial charge in [-0.15, -0.1) is 23.2 Å². The summed E-state index contributed by atoms with van der Waals surface area (Å²) in [6.07, 6.45) is 2.09. The Kier molecular flexibility index (Phi) is 2.50. The second kappa shape index (κ2) is 3.43. The molecule has 6 atom stereocenters. The van der Waals surface area contributed by atoms with Crippen molar-refractivity contribution in [3.8, 4) is 0 Å². The third-order valence-electron chi connectivity index (χ3n) is 4.89. The summed E-state index contributed by atoms with van der Waals surface area (Å²) in [5.74, 6) is -0.0640. The Bertz CT molecular complexity index is 490. The van der Waals surface area contributed by atoms with Crippen molar-refractivity contribution in [3.05, 3.63) is 10.1 Å². The summed E-state index contributed by atoms with van der Waals surface area (Å²) in [4.78, 5) is -2.24. The smallest absolute Gasteiger partial charge is 0.166 e. The highest BCUT2D eigenvalue weighted by Gasteiger charge is 2.85. The number of allylic oxidation sites excluding steroid dienone is 2. The van der Waals surface area contributed by atoms with Crippen molar-refractivity contribution in [1.29, 1.82) is 0 Å². The van der Waals surface area contributed by atoms with Crippen LogP contribution in [0.3, 0.4) is 0 Å². The van der Waals surface area contributed by atoms with E-state index in [-0.39, 0.29) is 29.1 Å². The minimum absolute atomic E-state index is 0.00502. The highest BCUT2D eigenvalue weighted by Crippen LogP contribution is 2.79. The number of alkyl halides is 4. The van der Waals surface area contributed by atoms with Crippen LogP contribution in [0, 0.1) is 11.8 Å². The van der Waals surface area contributed by atoms with Crippen LogP contribution in [0.2, 0.25) is 0 Å². The summed E-state index contributed by atoms with van der Waals surface area (Å²) in [6, 6.07) is 0. The maximum absolute atomic E-state index is 6.72. The third-order valence-corrected chi connectivity index (χ3v) is 9.21. The van der Waals surface area contributed by atoms with E-state index >= 15 is 0 Å². The Hall–Kier alpha value is 1.44. The monoisotopic (exact) mass is 366 g/mol. The Morgan fingerprint density at radius 3 is 2.22 bits per heavy atom. The molecule has 4 aliphatic rings. The minimum Gasteiger partial charge on any atom is -0.369 e. The predicted molar refractivity (Wildman–Crippen MR) is 75.2 cm³/mol. The Balaban J connectivity index is 1.98. The number of epoxide rings is 1. The van der Waals surface area contributed by atoms with Crippen LogP contribution in [0.15, 0.2) is 10.1 Å². The lowest BCUT2D eigenvalue weighted by Gasteiger charge is -2.38. The van der Waals surface area contributed by atoms with Gasteiger partial charge in [0, 0.05) is 5.92 Å². The molecule has 2 saturated carbocycles. The quantitative estimate of drug-likeness (QED) is 0.448. The average molecular weight is 369 g/mol. The van der Waals surface area contributed by atoms with Gasteiger partial charge in [-0.3, -0.25) is 0 Å². The third kappa shape index (κ3) is 1.07. The van der Waals surface area contributed by atoms with Crippen molar-refractivity contribution >= 4 is 69.6 Å². The summed E-state index contributed by atoms with van der Waals surface area (Å²) in [5, 5.41) is 0.578. The normalized spacial score (nSPS) is 59.7. The molecule has 3 fully saturated rings. The maximum Gasteiger partial charge on any atom is 0.166 e. The van der Waals surface area contributed by atoms with E-state index in [9.17, 15) is 0 Å². The van der Waals surface area contributed by atoms with Gasteiger partial charge in [-0.1, -0.05) is 46.4 Å². The molecule has 0 aromatic heterocycles. The van der Waals surface area contributed by atoms with Crippen LogP contribution in [0.25, 0.3) is 0 Å². The molecule has 0 radical (unpaired) electrons. The van der Waals surface area contributed by atoms with Crippen LogP contribution in [0.4, 0.5) is 0 Å². The van der Waals surface area contributed by atoms with Crippen molar-refractivity contribution in [2.75, 3.05) is 0 Å². The van der Waals surface area contributed by atoms with E-state index in [1.807, 2.05) is 0 Å². The number of halogens is 6. The van der Waals surface area contributed by atoms with Crippen molar-refractivity contribution in [2.24, 2.45) is 11.8 Å². The number of rotatable bonds is 0. The van der Waals surface area contributed by atoms with Gasteiger partial charge in [-0.05, 0) is 18.8 Å². The lowest BCUT2D eigenvalue weighted by atomic mass is 9.72. The number of hydrogen-bond acceptors (Lipinski definition) is 1. The number of ether oxygens (including phenoxy) is 1. The standard InChI is InChI=1S/C11H8Cl6O/c12-7-8(13)10(15)5-3(1-2-4-6(5)18-4)9(7,14)11(10,16)17/h3-6H,1-2H2/t3-,4-,5-,6-,9-,10+/m0/s1. The van der Waals surface area contributed by atoms with E-state index in [1.165, 1.54) is 0 Å². The Morgan fingerprint density at radius 2 is 1.56 bits per heavy atom. The van der Waals surface area contributed by atoms with Gasteiger partial charge in [0.05, 0.1) is 22.3 Å². The SMILES string of the molecule is ClC1=C(Cl)[C@]2(Cl)[C@@H]3[C@H]4O[C@H]4CC[C@@H]3[C@@]1(Cl)C2(Cl)Cl. The molecular formula is C11H8Cl6O. The Morgan fingerprint density at radius 1 is 0.944 bits per heavy atom. The van der Waals surface area contributed by atoms with Gasteiger partial charge in [0.2, 0.25) is 0 Å². The summed E-state index contributed by atoms with van der Waals surface area (Å²) in [7, 11) is 0. The average Bonchev–Trinajstić information content (AvgIpc) is 3.06. The fraction of sp³-hybridized carbons (Fsp3) is 0.818. The number of hydrogen-bond donors (Lipinski definition) is 0. The molecule has 1 saturated heterocycles. The molecule has 3 aliphatic carbocycles. The van der Waals surface area contributed by atoms with E-state index in [1.54, 1.807) is 0 Å². The highest BCUT2D eigenvalue weighted by atomic mass is 35.5. The molecule has 0 spiro atoms. The Labute approximate surface area is 135 Å². The largest absolute Gasteiger partial charge is 0.369 e. The first-order chi connectivity index (χ1) is 8.28. The van der Waals surface area contributed by atoms with Crippen LogP contribution in [0.1, 0.15) is 12.8 Å². The summed E-state index contributed by atoms with van der Waals surface area (Å²) >= 11 is 39.0. The molecule has 0 aromatic rings. The molecule has 0 amide bonds. The lowest BCUT2D eigenvalue weighted by molar-refractivity contribution is 0.240. The summed E-state index contributed by atoms with van der Waals surface area (Å²) in [5.41, 5.74) is 0. The second-order valence-corrected chi connectivity index (χ2v) is 8.75. The van der Waals surface area contributed by atoms with Crippen molar-refractivity contribution in [2.45, 2.75) is 39.1 Å². The summed E-state index contributed by atoms with van der Waals surface area (Å²) < 4.78 is 4.24. The van der Waals surface area contributed by atoms with Crippen LogP contribution >= 0.6 is 69.6 Å². The first kappa shape index (κ1) is 13.1. The fourth-order valence-corrected chi connectivity index (χ4v) is 7.12. The molecule has 2 bridgehead atoms. The number of fused-ring (bicyclic) bond motifs is 7. The van der Waals surface area contributed by atoms with Gasteiger partial charge in [0.15, 0.2) is 4.33 Å². The van der Waals surface area contributed by atoms with Crippen LogP contribution in [-0.4, -0.2) is 26.3 Å². The maximum atomic E-state index is 6.72. The molecule has 1 nitrogen and oxygen atoms in total. The topological polar surface area (TPSA) is 12.5 Å². The molecule has 0 aromatic carbocycles. The molecule has 4 rings (SSSR count). The zero-order valence-corrected chi connectivity index (χ0v) is 13.4. The van der Waals surface area contributed by atoms with Crippen LogP contribution < -0.4 is 0 Å². The van der Waals surface area contributed by atoms with Gasteiger partial charge in [0.1, 0.15) is 9.75 Å². The first-order valence-corrected chi connectivity index (χ1v) is 8.02. The van der Waals surface area contributed by atoms with Gasteiger partial charge < -0.3 is 4.74 Å². The zero-order valence-electron chi connectivity index (χ0n) is 8.90. The van der Waals surface area contributed by atoms with Crippen molar-refractivity contribution < 1.29 is 4.74 Å². The molecule has 100 valence electrons. The second-order valence-electron chi connectivity index (χ2n) is 5.47. The van der Waals surface area contributed by atoms with E-state index in [0.717, 1.165) is 12.8 Å². The van der Waals surface area contributed by atoms with Gasteiger partial charge in [-0.25, -0.2) is 0 Å². The van der Waals surface area contributed by atoms with E-state index < -0.39 is 14.1 Å². The van der Waals surface area contributed by atoms with Gasteiger partial charge in [-0.2, -0.15) is 0 Å². The molecule has 0 N–H and O–H groups in total. The van der Waals surface area contributed by atoms with Crippen molar-refractivity contribution in [3.63, 3.8) is 0 Å². The molecule has 1 heterocycles. The molecular weight excluding hydrogens is 361 g/mol. The zero-order chi connectivity index (χ0) is 13.1. The van der Waals surface area contributed by atoms with E-state index in [0.29, 0.717) is 5.03 Å². The fourth-order valence-electron chi connectivity index (χ4n) is 4.02. The molecule has 7 heteroatoms. The first-order valence-electron chi connectivity index (χ1n) is 5.75. The summed E-state index contributed by atoms with van der Waals surface area (Å²) in [6.45, 7) is 0. The molecule has 18 heavy (non-hydrogen) atoms. The highest BCUT2D eigenvalue weighted by molar-refractivity contribution is 6.65. The minimum atomic E-state index is -1.41. The van der Waals surface area contributed by atoms with Crippen LogP contribution in [-0.2, 0) is 4.74 Å². The van der Waals surface area contributed by atoms with Gasteiger partial charge >= 0.3 is 0 Å². The van der Waals surface area contributed by atoms with Crippen LogP contribution in [0.5, 0.6) is 0 Å². The molecule has 0 unspecified atom stereocenters. The van der Waals surface area contributed by atoms with E-state index in [4.69, 9.17) is 74.3 Å². The lowest BCUT2D eigenvalue weighted by Crippen LogP contribution is -2.45. The molecule has 1 aliphatic heterocycles. The van der Waals surface area contributed by atoms with E-state index in [2.05, 4.69) is 0 Å². The van der Waals surface area contributed by atoms with Gasteiger partial charge in [0.25, 0.3) is 0 Å². The predicted octanol–water partition coefficient (Wildman–Crippen LogP) is 4.63. The van der Waals surface area contributed by atoms with Crippen molar-refractivity contribution in [1.82, 2.24) is 0 Å².